The van der Waals surface area contributed by atoms with Crippen LogP contribution in [0.2, 0.25) is 0 Å². The molecule has 1 heterocycles. The van der Waals surface area contributed by atoms with Crippen LogP contribution in [0.15, 0.2) is 84.7 Å². The maximum atomic E-state index is 14.0. The summed E-state index contributed by atoms with van der Waals surface area (Å²) in [6.45, 7) is 11.8. The van der Waals surface area contributed by atoms with Gasteiger partial charge in [0.05, 0.1) is 13.2 Å². The standard InChI is InChI=1S/C43H60N4O7/c1-10-30(6)40(46(7)8)43(52)54-37(24-29(4)5)42(51)45-34(23-28(2)3)41(50)44-33(25-31-17-13-11-14-18-31)21-22-38(48)47-35(36(53-9)27-39(47)49)26-32-19-15-12-16-20-32/h11-22,27-30,33-35,37,40H,10,23-26H2,1-9H3,(H,44,50)(H,45,51)/b22-21+/t30-,33-,34-,35-,37-,40-/m0/s1. The van der Waals surface area contributed by atoms with Crippen molar-refractivity contribution < 1.29 is 33.4 Å². The van der Waals surface area contributed by atoms with Crippen LogP contribution in [0.4, 0.5) is 0 Å². The van der Waals surface area contributed by atoms with Crippen molar-refractivity contribution in [3.8, 4) is 0 Å². The second kappa shape index (κ2) is 21.2. The van der Waals surface area contributed by atoms with Gasteiger partial charge in [-0.05, 0) is 62.2 Å². The number of benzene rings is 2. The summed E-state index contributed by atoms with van der Waals surface area (Å²) in [7, 11) is 5.10. The zero-order valence-electron chi connectivity index (χ0n) is 33.4. The van der Waals surface area contributed by atoms with E-state index in [4.69, 9.17) is 9.47 Å². The summed E-state index contributed by atoms with van der Waals surface area (Å²) >= 11 is 0. The highest BCUT2D eigenvalue weighted by molar-refractivity contribution is 6.08. The Morgan fingerprint density at radius 1 is 0.852 bits per heavy atom. The molecule has 11 nitrogen and oxygen atoms in total. The van der Waals surface area contributed by atoms with Gasteiger partial charge in [0.25, 0.3) is 17.7 Å². The first-order chi connectivity index (χ1) is 25.6. The molecule has 294 valence electrons. The lowest BCUT2D eigenvalue weighted by Crippen LogP contribution is -2.53. The van der Waals surface area contributed by atoms with Crippen molar-refractivity contribution in [2.75, 3.05) is 21.2 Å². The van der Waals surface area contributed by atoms with E-state index in [9.17, 15) is 24.0 Å². The topological polar surface area (TPSA) is 134 Å². The average Bonchev–Trinajstić information content (AvgIpc) is 3.44. The van der Waals surface area contributed by atoms with Crippen LogP contribution in [0.3, 0.4) is 0 Å². The van der Waals surface area contributed by atoms with Crippen LogP contribution >= 0.6 is 0 Å². The number of rotatable bonds is 20. The van der Waals surface area contributed by atoms with Crippen LogP contribution in [0.1, 0.15) is 71.9 Å². The summed E-state index contributed by atoms with van der Waals surface area (Å²) in [6, 6.07) is 16.3. The lowest BCUT2D eigenvalue weighted by Gasteiger charge is -2.30. The van der Waals surface area contributed by atoms with Crippen LogP contribution in [0.25, 0.3) is 0 Å². The summed E-state index contributed by atoms with van der Waals surface area (Å²) in [4.78, 5) is 71.0. The first-order valence-corrected chi connectivity index (χ1v) is 19.0. The maximum Gasteiger partial charge on any atom is 0.324 e. The fourth-order valence-electron chi connectivity index (χ4n) is 6.64. The molecule has 0 saturated heterocycles. The predicted octanol–water partition coefficient (Wildman–Crippen LogP) is 5.25. The minimum Gasteiger partial charge on any atom is -0.499 e. The molecule has 2 aromatic carbocycles. The van der Waals surface area contributed by atoms with E-state index >= 15 is 0 Å². The Morgan fingerprint density at radius 3 is 1.98 bits per heavy atom. The van der Waals surface area contributed by atoms with Gasteiger partial charge in [0.2, 0.25) is 5.91 Å². The molecule has 0 bridgehead atoms. The quantitative estimate of drug-likeness (QED) is 0.139. The zero-order chi connectivity index (χ0) is 39.9. The number of amides is 4. The highest BCUT2D eigenvalue weighted by atomic mass is 16.5. The number of methoxy groups -OCH3 is 1. The monoisotopic (exact) mass is 744 g/mol. The van der Waals surface area contributed by atoms with E-state index in [0.29, 0.717) is 25.0 Å². The summed E-state index contributed by atoms with van der Waals surface area (Å²) in [5.41, 5.74) is 1.85. The molecule has 4 amide bonds. The van der Waals surface area contributed by atoms with Crippen molar-refractivity contribution in [3.63, 3.8) is 0 Å². The molecule has 54 heavy (non-hydrogen) atoms. The van der Waals surface area contributed by atoms with Gasteiger partial charge in [-0.15, -0.1) is 0 Å². The van der Waals surface area contributed by atoms with Gasteiger partial charge in [-0.3, -0.25) is 33.8 Å². The Labute approximate surface area is 321 Å². The van der Waals surface area contributed by atoms with Crippen molar-refractivity contribution in [2.45, 2.75) is 104 Å². The van der Waals surface area contributed by atoms with Crippen molar-refractivity contribution in [1.82, 2.24) is 20.4 Å². The number of ether oxygens (including phenoxy) is 2. The highest BCUT2D eigenvalue weighted by Crippen LogP contribution is 2.25. The van der Waals surface area contributed by atoms with Crippen molar-refractivity contribution in [1.29, 1.82) is 0 Å². The smallest absolute Gasteiger partial charge is 0.324 e. The number of hydrogen-bond donors (Lipinski definition) is 2. The van der Waals surface area contributed by atoms with Gasteiger partial charge in [0, 0.05) is 18.6 Å². The Balaban J connectivity index is 1.86. The molecule has 0 unspecified atom stereocenters. The van der Waals surface area contributed by atoms with E-state index in [-0.39, 0.29) is 24.2 Å². The molecule has 0 fully saturated rings. The van der Waals surface area contributed by atoms with Gasteiger partial charge >= 0.3 is 5.97 Å². The van der Waals surface area contributed by atoms with Gasteiger partial charge in [-0.1, -0.05) is 115 Å². The third kappa shape index (κ3) is 13.0. The number of likely N-dealkylation sites (N-methyl/N-ethyl adjacent to an activating group) is 1. The van der Waals surface area contributed by atoms with Crippen molar-refractivity contribution in [2.24, 2.45) is 17.8 Å². The van der Waals surface area contributed by atoms with Crippen LogP contribution in [0, 0.1) is 17.8 Å². The van der Waals surface area contributed by atoms with Crippen molar-refractivity contribution >= 4 is 29.6 Å². The summed E-state index contributed by atoms with van der Waals surface area (Å²) in [5.74, 6) is -2.02. The summed E-state index contributed by atoms with van der Waals surface area (Å²) in [5, 5.41) is 5.92. The minimum atomic E-state index is -1.09. The van der Waals surface area contributed by atoms with E-state index < -0.39 is 59.9 Å². The molecule has 6 atom stereocenters. The molecule has 2 N–H and O–H groups in total. The number of nitrogens with one attached hydrogen (secondary N) is 2. The number of carbonyl (C=O) groups is 5. The molecule has 0 saturated carbocycles. The summed E-state index contributed by atoms with van der Waals surface area (Å²) in [6.07, 6.45) is 5.23. The second-order valence-electron chi connectivity index (χ2n) is 15.2. The maximum absolute atomic E-state index is 14.0. The van der Waals surface area contributed by atoms with Gasteiger partial charge in [0.1, 0.15) is 23.9 Å². The van der Waals surface area contributed by atoms with E-state index in [0.717, 1.165) is 17.5 Å². The van der Waals surface area contributed by atoms with Gasteiger partial charge < -0.3 is 20.1 Å². The van der Waals surface area contributed by atoms with Crippen LogP contribution in [0.5, 0.6) is 0 Å². The molecule has 3 rings (SSSR count). The Kier molecular flexibility index (Phi) is 17.1. The first-order valence-electron chi connectivity index (χ1n) is 19.0. The molecule has 0 spiro atoms. The van der Waals surface area contributed by atoms with Gasteiger partial charge in [-0.25, -0.2) is 0 Å². The Bertz CT molecular complexity index is 1610. The van der Waals surface area contributed by atoms with Crippen LogP contribution < -0.4 is 10.6 Å². The first kappa shape index (κ1) is 43.6. The number of hydrogen-bond acceptors (Lipinski definition) is 8. The third-order valence-electron chi connectivity index (χ3n) is 9.54. The SMILES string of the molecule is CC[C@H](C)[C@@H](C(=O)O[C@@H](CC(C)C)C(=O)N[C@@H](CC(C)C)C(=O)N[C@@H](/C=C/C(=O)N1C(=O)C=C(OC)[C@@H]1Cc1ccccc1)Cc1ccccc1)N(C)C. The number of imide groups is 1. The lowest BCUT2D eigenvalue weighted by atomic mass is 9.98. The number of carbonyl (C=O) groups excluding carboxylic acids is 5. The average molecular weight is 745 g/mol. The largest absolute Gasteiger partial charge is 0.499 e. The minimum absolute atomic E-state index is 0.00726. The zero-order valence-corrected chi connectivity index (χ0v) is 33.4. The molecule has 1 aliphatic rings. The number of esters is 1. The molecule has 1 aliphatic heterocycles. The molecule has 2 aromatic rings. The van der Waals surface area contributed by atoms with Crippen LogP contribution in [-0.4, -0.2) is 90.9 Å². The van der Waals surface area contributed by atoms with E-state index in [1.165, 1.54) is 24.2 Å². The van der Waals surface area contributed by atoms with Crippen molar-refractivity contribution in [3.05, 3.63) is 95.8 Å². The third-order valence-corrected chi connectivity index (χ3v) is 9.54. The molecule has 0 aliphatic carbocycles. The highest BCUT2D eigenvalue weighted by Gasteiger charge is 2.38. The predicted molar refractivity (Wildman–Crippen MR) is 210 cm³/mol. The fraction of sp³-hybridized carbons (Fsp3) is 0.512. The fourth-order valence-corrected chi connectivity index (χ4v) is 6.64. The van der Waals surface area contributed by atoms with E-state index in [1.807, 2.05) is 116 Å². The Hall–Kier alpha value is -4.77. The molecular formula is C43H60N4O7. The normalized spacial score (nSPS) is 17.3. The van der Waals surface area contributed by atoms with E-state index in [1.54, 1.807) is 11.0 Å². The Morgan fingerprint density at radius 2 is 1.44 bits per heavy atom. The van der Waals surface area contributed by atoms with Crippen LogP contribution in [-0.2, 0) is 46.3 Å². The number of nitrogens with zero attached hydrogens (tertiary/aromatic N) is 2. The second-order valence-corrected chi connectivity index (χ2v) is 15.2. The molecule has 0 aromatic heterocycles. The molecule has 11 heteroatoms. The van der Waals surface area contributed by atoms with Gasteiger partial charge in [-0.2, -0.15) is 0 Å². The molecule has 0 radical (unpaired) electrons. The summed E-state index contributed by atoms with van der Waals surface area (Å²) < 4.78 is 11.4. The van der Waals surface area contributed by atoms with E-state index in [2.05, 4.69) is 10.6 Å². The van der Waals surface area contributed by atoms with Gasteiger partial charge in [0.15, 0.2) is 6.10 Å². The lowest BCUT2D eigenvalue weighted by molar-refractivity contribution is -0.163. The molecular weight excluding hydrogens is 684 g/mol.